The Kier molecular flexibility index (Phi) is 5.68. The highest BCUT2D eigenvalue weighted by molar-refractivity contribution is 6.36. The largest absolute Gasteiger partial charge is 0.463 e. The number of carbonyl (C=O) groups is 1. The summed E-state index contributed by atoms with van der Waals surface area (Å²) in [6.45, 7) is 0.971. The molecule has 21 heavy (non-hydrogen) atoms. The SMILES string of the molecule is CCOC(=O)C(O)(NNc1ccc(Cl)cc1Cl)C(F)(F)F. The summed E-state index contributed by atoms with van der Waals surface area (Å²) in [4.78, 5) is 11.3. The van der Waals surface area contributed by atoms with Crippen LogP contribution in [0.15, 0.2) is 18.2 Å². The lowest BCUT2D eigenvalue weighted by atomic mass is 10.2. The first-order valence-electron chi connectivity index (χ1n) is 5.56. The summed E-state index contributed by atoms with van der Waals surface area (Å²) in [5.74, 6) is -1.89. The van der Waals surface area contributed by atoms with Crippen LogP contribution in [-0.2, 0) is 9.53 Å². The van der Waals surface area contributed by atoms with Gasteiger partial charge in [-0.3, -0.25) is 0 Å². The van der Waals surface area contributed by atoms with E-state index in [9.17, 15) is 23.1 Å². The summed E-state index contributed by atoms with van der Waals surface area (Å²) in [7, 11) is 0. The van der Waals surface area contributed by atoms with E-state index in [-0.39, 0.29) is 22.3 Å². The Morgan fingerprint density at radius 1 is 1.38 bits per heavy atom. The van der Waals surface area contributed by atoms with Gasteiger partial charge in [0.2, 0.25) is 0 Å². The quantitative estimate of drug-likeness (QED) is 0.434. The molecule has 1 aromatic rings. The summed E-state index contributed by atoms with van der Waals surface area (Å²) in [6, 6.07) is 3.89. The van der Waals surface area contributed by atoms with Crippen LogP contribution in [0.3, 0.4) is 0 Å². The first kappa shape index (κ1) is 17.8. The van der Waals surface area contributed by atoms with Gasteiger partial charge >= 0.3 is 17.9 Å². The summed E-state index contributed by atoms with van der Waals surface area (Å²) in [5, 5.41) is 9.77. The lowest BCUT2D eigenvalue weighted by molar-refractivity contribution is -0.271. The molecule has 0 radical (unpaired) electrons. The van der Waals surface area contributed by atoms with Crippen molar-refractivity contribution in [3.63, 3.8) is 0 Å². The van der Waals surface area contributed by atoms with Crippen LogP contribution in [-0.4, -0.2) is 29.6 Å². The second-order valence-electron chi connectivity index (χ2n) is 3.80. The number of alkyl halides is 3. The minimum atomic E-state index is -5.31. The molecular weight excluding hydrogens is 336 g/mol. The molecule has 118 valence electrons. The molecule has 0 aliphatic heterocycles. The van der Waals surface area contributed by atoms with Gasteiger partial charge in [-0.1, -0.05) is 23.2 Å². The van der Waals surface area contributed by atoms with Crippen molar-refractivity contribution in [1.29, 1.82) is 0 Å². The molecule has 1 aromatic carbocycles. The number of benzene rings is 1. The molecular formula is C11H11Cl2F3N2O3. The molecule has 0 saturated carbocycles. The molecule has 0 amide bonds. The fourth-order valence-corrected chi connectivity index (χ4v) is 1.68. The average molecular weight is 347 g/mol. The number of halogens is 5. The molecule has 0 aromatic heterocycles. The molecule has 0 bridgehead atoms. The van der Waals surface area contributed by atoms with Gasteiger partial charge < -0.3 is 15.3 Å². The van der Waals surface area contributed by atoms with Crippen LogP contribution in [0.2, 0.25) is 10.0 Å². The normalized spacial score (nSPS) is 14.4. The van der Waals surface area contributed by atoms with Crippen molar-refractivity contribution in [3.05, 3.63) is 28.2 Å². The van der Waals surface area contributed by atoms with Crippen molar-refractivity contribution >= 4 is 34.9 Å². The predicted molar refractivity (Wildman–Crippen MR) is 70.9 cm³/mol. The number of hydrogen-bond acceptors (Lipinski definition) is 5. The summed E-state index contributed by atoms with van der Waals surface area (Å²) < 4.78 is 42.7. The van der Waals surface area contributed by atoms with E-state index < -0.39 is 17.9 Å². The third-order valence-electron chi connectivity index (χ3n) is 2.29. The van der Waals surface area contributed by atoms with Gasteiger partial charge in [-0.15, -0.1) is 0 Å². The van der Waals surface area contributed by atoms with Crippen LogP contribution >= 0.6 is 23.2 Å². The molecule has 10 heteroatoms. The van der Waals surface area contributed by atoms with Crippen molar-refractivity contribution in [2.75, 3.05) is 12.0 Å². The second-order valence-corrected chi connectivity index (χ2v) is 4.65. The highest BCUT2D eigenvalue weighted by Crippen LogP contribution is 2.31. The fraction of sp³-hybridized carbons (Fsp3) is 0.364. The second kappa shape index (κ2) is 6.69. The minimum Gasteiger partial charge on any atom is -0.463 e. The Labute approximate surface area is 127 Å². The van der Waals surface area contributed by atoms with Gasteiger partial charge in [0, 0.05) is 5.02 Å². The van der Waals surface area contributed by atoms with Gasteiger partial charge in [0.1, 0.15) is 0 Å². The Balaban J connectivity index is 2.95. The van der Waals surface area contributed by atoms with Crippen molar-refractivity contribution in [2.24, 2.45) is 0 Å². The molecule has 1 rings (SSSR count). The van der Waals surface area contributed by atoms with E-state index in [4.69, 9.17) is 23.2 Å². The lowest BCUT2D eigenvalue weighted by Crippen LogP contribution is -2.64. The van der Waals surface area contributed by atoms with E-state index in [2.05, 4.69) is 4.74 Å². The van der Waals surface area contributed by atoms with E-state index in [1.54, 1.807) is 0 Å². The fourth-order valence-electron chi connectivity index (χ4n) is 1.22. The third-order valence-corrected chi connectivity index (χ3v) is 2.84. The average Bonchev–Trinajstić information content (AvgIpc) is 2.36. The van der Waals surface area contributed by atoms with E-state index in [1.165, 1.54) is 30.5 Å². The summed E-state index contributed by atoms with van der Waals surface area (Å²) >= 11 is 11.4. The first-order valence-corrected chi connectivity index (χ1v) is 6.32. The maximum Gasteiger partial charge on any atom is 0.444 e. The zero-order valence-corrected chi connectivity index (χ0v) is 12.1. The highest BCUT2D eigenvalue weighted by Gasteiger charge is 2.61. The number of hydrazine groups is 1. The van der Waals surface area contributed by atoms with Gasteiger partial charge in [-0.2, -0.15) is 18.6 Å². The first-order chi connectivity index (χ1) is 9.61. The molecule has 0 heterocycles. The standard InChI is InChI=1S/C11H11Cl2F3N2O3/c1-2-21-9(19)10(20,11(14,15)16)18-17-8-4-3-6(12)5-7(8)13/h3-5,17-18,20H,2H2,1H3. The number of anilines is 1. The van der Waals surface area contributed by atoms with E-state index >= 15 is 0 Å². The maximum absolute atomic E-state index is 12.8. The molecule has 1 atom stereocenters. The Morgan fingerprint density at radius 3 is 2.48 bits per heavy atom. The summed E-state index contributed by atoms with van der Waals surface area (Å²) in [6.07, 6.45) is -5.31. The molecule has 1 unspecified atom stereocenters. The Hall–Kier alpha value is -1.22. The molecule has 0 spiro atoms. The molecule has 0 aliphatic carbocycles. The number of esters is 1. The van der Waals surface area contributed by atoms with Crippen molar-refractivity contribution < 1.29 is 27.8 Å². The maximum atomic E-state index is 12.8. The van der Waals surface area contributed by atoms with Crippen LogP contribution in [0.4, 0.5) is 18.9 Å². The smallest absolute Gasteiger partial charge is 0.444 e. The number of aliphatic hydroxyl groups is 1. The molecule has 0 saturated heterocycles. The van der Waals surface area contributed by atoms with Crippen LogP contribution in [0, 0.1) is 0 Å². The van der Waals surface area contributed by atoms with Crippen LogP contribution in [0.25, 0.3) is 0 Å². The third kappa shape index (κ3) is 4.13. The van der Waals surface area contributed by atoms with Gasteiger partial charge in [0.05, 0.1) is 17.3 Å². The number of nitrogens with one attached hydrogen (secondary N) is 2. The van der Waals surface area contributed by atoms with Crippen molar-refractivity contribution in [3.8, 4) is 0 Å². The van der Waals surface area contributed by atoms with Gasteiger partial charge in [-0.05, 0) is 25.1 Å². The molecule has 3 N–H and O–H groups in total. The van der Waals surface area contributed by atoms with Gasteiger partial charge in [0.25, 0.3) is 0 Å². The highest BCUT2D eigenvalue weighted by atomic mass is 35.5. The zero-order valence-electron chi connectivity index (χ0n) is 10.6. The summed E-state index contributed by atoms with van der Waals surface area (Å²) in [5.41, 5.74) is -0.454. The molecule has 5 nitrogen and oxygen atoms in total. The molecule has 0 fully saturated rings. The zero-order chi connectivity index (χ0) is 16.3. The monoisotopic (exact) mass is 346 g/mol. The predicted octanol–water partition coefficient (Wildman–Crippen LogP) is 2.72. The van der Waals surface area contributed by atoms with Gasteiger partial charge in [0.15, 0.2) is 0 Å². The number of rotatable bonds is 5. The lowest BCUT2D eigenvalue weighted by Gasteiger charge is -2.29. The van der Waals surface area contributed by atoms with E-state index in [0.29, 0.717) is 0 Å². The van der Waals surface area contributed by atoms with Crippen LogP contribution < -0.4 is 10.9 Å². The topological polar surface area (TPSA) is 70.6 Å². The molecule has 0 aliphatic rings. The van der Waals surface area contributed by atoms with Crippen LogP contribution in [0.5, 0.6) is 0 Å². The number of hydrogen-bond donors (Lipinski definition) is 3. The Bertz CT molecular complexity index is 528. The number of carbonyl (C=O) groups excluding carboxylic acids is 1. The van der Waals surface area contributed by atoms with Crippen molar-refractivity contribution in [1.82, 2.24) is 5.43 Å². The van der Waals surface area contributed by atoms with E-state index in [1.807, 2.05) is 5.43 Å². The van der Waals surface area contributed by atoms with Crippen LogP contribution in [0.1, 0.15) is 6.92 Å². The van der Waals surface area contributed by atoms with E-state index in [0.717, 1.165) is 0 Å². The van der Waals surface area contributed by atoms with Gasteiger partial charge in [-0.25, -0.2) is 4.79 Å². The minimum absolute atomic E-state index is 0.0108. The number of ether oxygens (including phenoxy) is 1. The van der Waals surface area contributed by atoms with Crippen molar-refractivity contribution in [2.45, 2.75) is 18.8 Å². The Morgan fingerprint density at radius 2 is 2.00 bits per heavy atom.